The first-order valence-corrected chi connectivity index (χ1v) is 9.32. The topological polar surface area (TPSA) is 74.3 Å². The molecule has 1 saturated heterocycles. The van der Waals surface area contributed by atoms with Crippen LogP contribution in [-0.4, -0.2) is 41.0 Å². The Morgan fingerprint density at radius 2 is 1.96 bits per heavy atom. The summed E-state index contributed by atoms with van der Waals surface area (Å²) in [5.74, 6) is -0.245. The fraction of sp³-hybridized carbons (Fsp3) is 0.389. The molecule has 2 heterocycles. The SMILES string of the molecule is Cc1csc(NC(=O)[C@@H](Cc2ccccc2)NC(=O)N2CCCC2)n1. The number of rotatable bonds is 5. The van der Waals surface area contributed by atoms with Gasteiger partial charge in [0.05, 0.1) is 5.69 Å². The fourth-order valence-electron chi connectivity index (χ4n) is 2.82. The Balaban J connectivity index is 1.70. The molecule has 6 nitrogen and oxygen atoms in total. The van der Waals surface area contributed by atoms with Gasteiger partial charge in [0, 0.05) is 24.9 Å². The van der Waals surface area contributed by atoms with Gasteiger partial charge in [-0.05, 0) is 25.3 Å². The zero-order chi connectivity index (χ0) is 17.6. The predicted molar refractivity (Wildman–Crippen MR) is 98.8 cm³/mol. The van der Waals surface area contributed by atoms with E-state index in [-0.39, 0.29) is 11.9 Å². The van der Waals surface area contributed by atoms with Crippen molar-refractivity contribution in [1.82, 2.24) is 15.2 Å². The maximum absolute atomic E-state index is 12.7. The van der Waals surface area contributed by atoms with Crippen LogP contribution in [0.25, 0.3) is 0 Å². The molecule has 2 aromatic rings. The van der Waals surface area contributed by atoms with E-state index in [1.54, 1.807) is 4.90 Å². The Bertz CT molecular complexity index is 726. The molecular formula is C18H22N4O2S. The van der Waals surface area contributed by atoms with Crippen LogP contribution in [0.3, 0.4) is 0 Å². The van der Waals surface area contributed by atoms with Gasteiger partial charge >= 0.3 is 6.03 Å². The van der Waals surface area contributed by atoms with Crippen LogP contribution in [0.15, 0.2) is 35.7 Å². The lowest BCUT2D eigenvalue weighted by atomic mass is 10.1. The predicted octanol–water partition coefficient (Wildman–Crippen LogP) is 2.81. The Hall–Kier alpha value is -2.41. The molecule has 0 saturated carbocycles. The van der Waals surface area contributed by atoms with Gasteiger partial charge in [-0.25, -0.2) is 9.78 Å². The molecular weight excluding hydrogens is 336 g/mol. The van der Waals surface area contributed by atoms with Gasteiger partial charge in [-0.1, -0.05) is 30.3 Å². The van der Waals surface area contributed by atoms with Crippen LogP contribution in [0.1, 0.15) is 24.1 Å². The van der Waals surface area contributed by atoms with Crippen molar-refractivity contribution in [2.45, 2.75) is 32.2 Å². The lowest BCUT2D eigenvalue weighted by Crippen LogP contribution is -2.49. The number of anilines is 1. The summed E-state index contributed by atoms with van der Waals surface area (Å²) in [5, 5.41) is 8.13. The van der Waals surface area contributed by atoms with Gasteiger partial charge in [0.15, 0.2) is 5.13 Å². The summed E-state index contributed by atoms with van der Waals surface area (Å²) in [6, 6.07) is 8.88. The van der Waals surface area contributed by atoms with E-state index in [0.717, 1.165) is 37.2 Å². The molecule has 0 spiro atoms. The number of hydrogen-bond donors (Lipinski definition) is 2. The maximum atomic E-state index is 12.7. The number of carbonyl (C=O) groups excluding carboxylic acids is 2. The third kappa shape index (κ3) is 4.79. The van der Waals surface area contributed by atoms with Crippen LogP contribution >= 0.6 is 11.3 Å². The van der Waals surface area contributed by atoms with Crippen molar-refractivity contribution in [2.75, 3.05) is 18.4 Å². The number of nitrogens with zero attached hydrogens (tertiary/aromatic N) is 2. The smallest absolute Gasteiger partial charge is 0.318 e. The van der Waals surface area contributed by atoms with Crippen LogP contribution in [0, 0.1) is 6.92 Å². The van der Waals surface area contributed by atoms with Crippen LogP contribution in [0.2, 0.25) is 0 Å². The van der Waals surface area contributed by atoms with Gasteiger partial charge in [0.25, 0.3) is 0 Å². The minimum atomic E-state index is -0.639. The van der Waals surface area contributed by atoms with Gasteiger partial charge < -0.3 is 15.5 Å². The average molecular weight is 358 g/mol. The minimum absolute atomic E-state index is 0.177. The zero-order valence-electron chi connectivity index (χ0n) is 14.2. The molecule has 0 bridgehead atoms. The van der Waals surface area contributed by atoms with Crippen molar-refractivity contribution in [3.05, 3.63) is 47.0 Å². The molecule has 0 unspecified atom stereocenters. The third-order valence-corrected chi connectivity index (χ3v) is 5.01. The third-order valence-electron chi connectivity index (χ3n) is 4.14. The molecule has 0 radical (unpaired) electrons. The average Bonchev–Trinajstić information content (AvgIpc) is 3.27. The van der Waals surface area contributed by atoms with Gasteiger partial charge in [0.2, 0.25) is 5.91 Å². The van der Waals surface area contributed by atoms with E-state index >= 15 is 0 Å². The normalized spacial score (nSPS) is 15.0. The number of urea groups is 1. The summed E-state index contributed by atoms with van der Waals surface area (Å²) >= 11 is 1.38. The molecule has 3 amide bonds. The number of thiazole rings is 1. The number of aryl methyl sites for hydroxylation is 1. The number of hydrogen-bond acceptors (Lipinski definition) is 4. The Kier molecular flexibility index (Phi) is 5.65. The summed E-state index contributed by atoms with van der Waals surface area (Å²) in [6.07, 6.45) is 2.47. The quantitative estimate of drug-likeness (QED) is 0.863. The summed E-state index contributed by atoms with van der Waals surface area (Å²) < 4.78 is 0. The second kappa shape index (κ2) is 8.11. The van der Waals surface area contributed by atoms with Gasteiger partial charge in [-0.15, -0.1) is 11.3 Å². The Labute approximate surface area is 151 Å². The molecule has 1 aromatic heterocycles. The number of benzene rings is 1. The van der Waals surface area contributed by atoms with E-state index in [0.29, 0.717) is 11.6 Å². The Morgan fingerprint density at radius 3 is 2.60 bits per heavy atom. The van der Waals surface area contributed by atoms with E-state index in [4.69, 9.17) is 0 Å². The fourth-order valence-corrected chi connectivity index (χ4v) is 3.51. The summed E-state index contributed by atoms with van der Waals surface area (Å²) in [6.45, 7) is 3.37. The number of aromatic nitrogens is 1. The number of nitrogens with one attached hydrogen (secondary N) is 2. The largest absolute Gasteiger partial charge is 0.326 e. The Morgan fingerprint density at radius 1 is 1.24 bits per heavy atom. The molecule has 1 aromatic carbocycles. The molecule has 2 N–H and O–H groups in total. The maximum Gasteiger partial charge on any atom is 0.318 e. The van der Waals surface area contributed by atoms with Crippen molar-refractivity contribution < 1.29 is 9.59 Å². The van der Waals surface area contributed by atoms with Gasteiger partial charge in [-0.2, -0.15) is 0 Å². The van der Waals surface area contributed by atoms with Crippen LogP contribution in [0.4, 0.5) is 9.93 Å². The van der Waals surface area contributed by atoms with Gasteiger partial charge in [-0.3, -0.25) is 4.79 Å². The van der Waals surface area contributed by atoms with Crippen molar-refractivity contribution in [3.8, 4) is 0 Å². The minimum Gasteiger partial charge on any atom is -0.326 e. The van der Waals surface area contributed by atoms with E-state index in [1.165, 1.54) is 11.3 Å². The monoisotopic (exact) mass is 358 g/mol. The van der Waals surface area contributed by atoms with Gasteiger partial charge in [0.1, 0.15) is 6.04 Å². The first kappa shape index (κ1) is 17.4. The second-order valence-electron chi connectivity index (χ2n) is 6.17. The highest BCUT2D eigenvalue weighted by Crippen LogP contribution is 2.16. The van der Waals surface area contributed by atoms with E-state index in [2.05, 4.69) is 15.6 Å². The summed E-state index contributed by atoms with van der Waals surface area (Å²) in [7, 11) is 0. The highest BCUT2D eigenvalue weighted by molar-refractivity contribution is 7.13. The first-order chi connectivity index (χ1) is 12.1. The molecule has 7 heteroatoms. The van der Waals surface area contributed by atoms with E-state index < -0.39 is 6.04 Å². The summed E-state index contributed by atoms with van der Waals surface area (Å²) in [5.41, 5.74) is 1.86. The highest BCUT2D eigenvalue weighted by Gasteiger charge is 2.26. The van der Waals surface area contributed by atoms with E-state index in [1.807, 2.05) is 42.6 Å². The lowest BCUT2D eigenvalue weighted by Gasteiger charge is -2.22. The molecule has 25 heavy (non-hydrogen) atoms. The highest BCUT2D eigenvalue weighted by atomic mass is 32.1. The molecule has 1 atom stereocenters. The van der Waals surface area contributed by atoms with Crippen molar-refractivity contribution in [2.24, 2.45) is 0 Å². The van der Waals surface area contributed by atoms with Crippen LogP contribution in [0.5, 0.6) is 0 Å². The first-order valence-electron chi connectivity index (χ1n) is 8.44. The standard InChI is InChI=1S/C18H22N4O2S/c1-13-12-25-17(19-13)21-16(23)15(11-14-7-3-2-4-8-14)20-18(24)22-9-5-6-10-22/h2-4,7-8,12,15H,5-6,9-11H2,1H3,(H,20,24)(H,19,21,23)/t15-/m1/s1. The number of likely N-dealkylation sites (tertiary alicyclic amines) is 1. The molecule has 1 fully saturated rings. The molecule has 0 aliphatic carbocycles. The van der Waals surface area contributed by atoms with Crippen LogP contribution < -0.4 is 10.6 Å². The zero-order valence-corrected chi connectivity index (χ0v) is 15.0. The van der Waals surface area contributed by atoms with Crippen molar-refractivity contribution in [3.63, 3.8) is 0 Å². The molecule has 1 aliphatic rings. The van der Waals surface area contributed by atoms with Crippen LogP contribution in [-0.2, 0) is 11.2 Å². The molecule has 1 aliphatic heterocycles. The van der Waals surface area contributed by atoms with Crippen molar-refractivity contribution >= 4 is 28.4 Å². The van der Waals surface area contributed by atoms with E-state index in [9.17, 15) is 9.59 Å². The molecule has 3 rings (SSSR count). The number of carbonyl (C=O) groups is 2. The number of amides is 3. The molecule has 132 valence electrons. The summed E-state index contributed by atoms with van der Waals surface area (Å²) in [4.78, 5) is 31.2. The second-order valence-corrected chi connectivity index (χ2v) is 7.03. The lowest BCUT2D eigenvalue weighted by molar-refractivity contribution is -0.118. The van der Waals surface area contributed by atoms with Crippen molar-refractivity contribution in [1.29, 1.82) is 0 Å².